The molecular weight excluding hydrogens is 440 g/mol. The summed E-state index contributed by atoms with van der Waals surface area (Å²) in [4.78, 5) is 6.20. The SMILES string of the molecule is COC1(c2cccc(Sc3ccc(S(=O)(=O)Nc4nccs4)cc3)c2)CCOCC1. The summed E-state index contributed by atoms with van der Waals surface area (Å²) in [6, 6.07) is 15.2. The average molecular weight is 463 g/mol. The molecule has 0 unspecified atom stereocenters. The molecule has 2 aromatic carbocycles. The second-order valence-electron chi connectivity index (χ2n) is 6.85. The Morgan fingerprint density at radius 3 is 2.57 bits per heavy atom. The lowest BCUT2D eigenvalue weighted by atomic mass is 9.86. The topological polar surface area (TPSA) is 77.5 Å². The number of anilines is 1. The maximum Gasteiger partial charge on any atom is 0.263 e. The van der Waals surface area contributed by atoms with Gasteiger partial charge in [0.2, 0.25) is 0 Å². The number of thiazole rings is 1. The molecule has 0 bridgehead atoms. The van der Waals surface area contributed by atoms with Gasteiger partial charge in [0.25, 0.3) is 10.0 Å². The van der Waals surface area contributed by atoms with Gasteiger partial charge in [0.15, 0.2) is 5.13 Å². The van der Waals surface area contributed by atoms with Crippen LogP contribution in [0.3, 0.4) is 0 Å². The van der Waals surface area contributed by atoms with Crippen molar-refractivity contribution in [2.75, 3.05) is 25.0 Å². The quantitative estimate of drug-likeness (QED) is 0.546. The van der Waals surface area contributed by atoms with Gasteiger partial charge in [0.05, 0.1) is 10.5 Å². The average Bonchev–Trinajstić information content (AvgIpc) is 3.27. The normalized spacial score (nSPS) is 16.3. The smallest absolute Gasteiger partial charge is 0.263 e. The van der Waals surface area contributed by atoms with Crippen molar-refractivity contribution < 1.29 is 17.9 Å². The number of hydrogen-bond donors (Lipinski definition) is 1. The summed E-state index contributed by atoms with van der Waals surface area (Å²) >= 11 is 2.83. The molecule has 4 rings (SSSR count). The Morgan fingerprint density at radius 2 is 1.90 bits per heavy atom. The van der Waals surface area contributed by atoms with E-state index in [0.29, 0.717) is 18.3 Å². The zero-order valence-electron chi connectivity index (χ0n) is 16.4. The van der Waals surface area contributed by atoms with E-state index in [4.69, 9.17) is 9.47 Å². The lowest BCUT2D eigenvalue weighted by molar-refractivity contribution is -0.0948. The van der Waals surface area contributed by atoms with Gasteiger partial charge < -0.3 is 9.47 Å². The molecule has 1 N–H and O–H groups in total. The third-order valence-corrected chi connectivity index (χ3v) is 8.25. The zero-order chi connectivity index (χ0) is 21.0. The lowest BCUT2D eigenvalue weighted by Crippen LogP contribution is -2.35. The van der Waals surface area contributed by atoms with Crippen LogP contribution in [0.4, 0.5) is 5.13 Å². The third kappa shape index (κ3) is 4.70. The van der Waals surface area contributed by atoms with Gasteiger partial charge in [-0.15, -0.1) is 11.3 Å². The largest absolute Gasteiger partial charge is 0.381 e. The van der Waals surface area contributed by atoms with Crippen LogP contribution in [0.25, 0.3) is 0 Å². The van der Waals surface area contributed by atoms with Crippen molar-refractivity contribution >= 4 is 38.3 Å². The van der Waals surface area contributed by atoms with E-state index in [-0.39, 0.29) is 10.5 Å². The van der Waals surface area contributed by atoms with Crippen LogP contribution in [0.2, 0.25) is 0 Å². The van der Waals surface area contributed by atoms with Crippen molar-refractivity contribution in [2.24, 2.45) is 0 Å². The molecule has 0 spiro atoms. The summed E-state index contributed by atoms with van der Waals surface area (Å²) in [5.41, 5.74) is 0.832. The first-order chi connectivity index (χ1) is 14.5. The van der Waals surface area contributed by atoms with Crippen molar-refractivity contribution in [3.63, 3.8) is 0 Å². The van der Waals surface area contributed by atoms with Crippen LogP contribution in [0.1, 0.15) is 18.4 Å². The molecule has 0 aliphatic carbocycles. The van der Waals surface area contributed by atoms with Crippen molar-refractivity contribution in [1.29, 1.82) is 0 Å². The fourth-order valence-corrected chi connectivity index (χ4v) is 6.09. The van der Waals surface area contributed by atoms with Gasteiger partial charge in [-0.25, -0.2) is 13.4 Å². The summed E-state index contributed by atoms with van der Waals surface area (Å²) in [6.45, 7) is 1.38. The number of benzene rings is 2. The fourth-order valence-electron chi connectivity index (χ4n) is 3.43. The van der Waals surface area contributed by atoms with E-state index < -0.39 is 10.0 Å². The second-order valence-corrected chi connectivity index (χ2v) is 10.6. The standard InChI is InChI=1S/C21H22N2O4S3/c1-26-21(9-12-27-13-10-21)16-3-2-4-18(15-16)29-17-5-7-19(8-6-17)30(24,25)23-20-22-11-14-28-20/h2-8,11,14-15H,9-10,12-13H2,1H3,(H,22,23). The number of methoxy groups -OCH3 is 1. The fraction of sp³-hybridized carbons (Fsp3) is 0.286. The molecule has 3 aromatic rings. The number of ether oxygens (including phenoxy) is 2. The van der Waals surface area contributed by atoms with E-state index in [1.807, 2.05) is 24.3 Å². The molecule has 158 valence electrons. The summed E-state index contributed by atoms with van der Waals surface area (Å²) in [6.07, 6.45) is 3.22. The van der Waals surface area contributed by atoms with Crippen LogP contribution in [0, 0.1) is 0 Å². The van der Waals surface area contributed by atoms with Crippen LogP contribution in [0.5, 0.6) is 0 Å². The van der Waals surface area contributed by atoms with Gasteiger partial charge in [-0.3, -0.25) is 4.72 Å². The molecule has 0 atom stereocenters. The molecule has 9 heteroatoms. The van der Waals surface area contributed by atoms with Crippen molar-refractivity contribution in [1.82, 2.24) is 4.98 Å². The number of hydrogen-bond acceptors (Lipinski definition) is 7. The molecule has 0 saturated carbocycles. The van der Waals surface area contributed by atoms with Crippen LogP contribution >= 0.6 is 23.1 Å². The molecule has 1 aromatic heterocycles. The number of sulfonamides is 1. The number of rotatable bonds is 7. The molecule has 6 nitrogen and oxygen atoms in total. The van der Waals surface area contributed by atoms with Gasteiger partial charge in [-0.05, 0) is 42.0 Å². The van der Waals surface area contributed by atoms with Crippen LogP contribution in [-0.2, 0) is 25.1 Å². The second kappa shape index (κ2) is 9.07. The summed E-state index contributed by atoms with van der Waals surface area (Å²) in [7, 11) is -1.89. The highest BCUT2D eigenvalue weighted by Crippen LogP contribution is 2.38. The first-order valence-corrected chi connectivity index (χ1v) is 12.6. The molecule has 0 amide bonds. The molecule has 1 aliphatic rings. The van der Waals surface area contributed by atoms with E-state index in [1.165, 1.54) is 11.3 Å². The van der Waals surface area contributed by atoms with E-state index >= 15 is 0 Å². The monoisotopic (exact) mass is 462 g/mol. The predicted molar refractivity (Wildman–Crippen MR) is 119 cm³/mol. The minimum Gasteiger partial charge on any atom is -0.381 e. The molecule has 2 heterocycles. The van der Waals surface area contributed by atoms with Crippen molar-refractivity contribution in [2.45, 2.75) is 33.1 Å². The maximum absolute atomic E-state index is 12.5. The van der Waals surface area contributed by atoms with Crippen molar-refractivity contribution in [3.05, 3.63) is 65.7 Å². The highest BCUT2D eigenvalue weighted by molar-refractivity contribution is 7.99. The van der Waals surface area contributed by atoms with Gasteiger partial charge in [0.1, 0.15) is 0 Å². The molecule has 0 radical (unpaired) electrons. The Labute approximate surface area is 184 Å². The Morgan fingerprint density at radius 1 is 1.13 bits per heavy atom. The van der Waals surface area contributed by atoms with Crippen LogP contribution < -0.4 is 4.72 Å². The molecule has 30 heavy (non-hydrogen) atoms. The maximum atomic E-state index is 12.5. The lowest BCUT2D eigenvalue weighted by Gasteiger charge is -2.36. The summed E-state index contributed by atoms with van der Waals surface area (Å²) in [5, 5.41) is 2.07. The highest BCUT2D eigenvalue weighted by atomic mass is 32.2. The first kappa shape index (κ1) is 21.3. The molecule has 1 saturated heterocycles. The molecule has 1 fully saturated rings. The Bertz CT molecular complexity index is 1080. The van der Waals surface area contributed by atoms with E-state index in [0.717, 1.165) is 28.2 Å². The van der Waals surface area contributed by atoms with E-state index in [1.54, 1.807) is 42.6 Å². The van der Waals surface area contributed by atoms with E-state index in [9.17, 15) is 8.42 Å². The Hall–Kier alpha value is -1.91. The third-order valence-electron chi connectivity index (χ3n) is 5.08. The summed E-state index contributed by atoms with van der Waals surface area (Å²) in [5.74, 6) is 0. The molecule has 1 aliphatic heterocycles. The minimum atomic E-state index is -3.65. The van der Waals surface area contributed by atoms with E-state index in [2.05, 4.69) is 21.8 Å². The van der Waals surface area contributed by atoms with Crippen LogP contribution in [0.15, 0.2) is 74.8 Å². The van der Waals surface area contributed by atoms with Crippen LogP contribution in [-0.4, -0.2) is 33.7 Å². The number of nitrogens with zero attached hydrogens (tertiary/aromatic N) is 1. The Balaban J connectivity index is 1.50. The van der Waals surface area contributed by atoms with Crippen molar-refractivity contribution in [3.8, 4) is 0 Å². The molecular formula is C21H22N2O4S3. The van der Waals surface area contributed by atoms with Gasteiger partial charge in [-0.2, -0.15) is 0 Å². The number of aromatic nitrogens is 1. The van der Waals surface area contributed by atoms with Gasteiger partial charge in [0, 0.05) is 54.5 Å². The minimum absolute atomic E-state index is 0.205. The zero-order valence-corrected chi connectivity index (χ0v) is 18.9. The van der Waals surface area contributed by atoms with Gasteiger partial charge in [-0.1, -0.05) is 23.9 Å². The Kier molecular flexibility index (Phi) is 6.45. The summed E-state index contributed by atoms with van der Waals surface area (Å²) < 4.78 is 38.9. The highest BCUT2D eigenvalue weighted by Gasteiger charge is 2.34. The number of nitrogens with one attached hydrogen (secondary N) is 1. The predicted octanol–water partition coefficient (Wildman–Crippen LogP) is 4.75. The van der Waals surface area contributed by atoms with Gasteiger partial charge >= 0.3 is 0 Å². The first-order valence-electron chi connectivity index (χ1n) is 9.44.